The summed E-state index contributed by atoms with van der Waals surface area (Å²) in [5.74, 6) is 1.19. The summed E-state index contributed by atoms with van der Waals surface area (Å²) < 4.78 is 7.02. The summed E-state index contributed by atoms with van der Waals surface area (Å²) in [5, 5.41) is 5.37. The first-order chi connectivity index (χ1) is 9.58. The monoisotopic (exact) mass is 307 g/mol. The van der Waals surface area contributed by atoms with Crippen molar-refractivity contribution in [1.29, 1.82) is 0 Å². The second kappa shape index (κ2) is 4.89. The van der Waals surface area contributed by atoms with Crippen molar-refractivity contribution in [2.75, 3.05) is 5.73 Å². The average Bonchev–Trinajstić information content (AvgIpc) is 3.03. The fourth-order valence-electron chi connectivity index (χ4n) is 2.06. The van der Waals surface area contributed by atoms with E-state index in [-0.39, 0.29) is 0 Å². The summed E-state index contributed by atoms with van der Waals surface area (Å²) in [6, 6.07) is 9.00. The molecule has 0 radical (unpaired) electrons. The fourth-order valence-corrected chi connectivity index (χ4v) is 2.36. The number of nitrogens with zero attached hydrogens (tertiary/aromatic N) is 2. The molecule has 0 aliphatic carbocycles. The molecule has 0 saturated heterocycles. The number of nitrogens with two attached hydrogens (primary N) is 1. The summed E-state index contributed by atoms with van der Waals surface area (Å²) >= 11 is 12.0. The minimum Gasteiger partial charge on any atom is -0.463 e. The van der Waals surface area contributed by atoms with Crippen molar-refractivity contribution in [3.05, 3.63) is 46.6 Å². The minimum absolute atomic E-state index is 0.470. The third kappa shape index (κ3) is 2.07. The second-order valence-electron chi connectivity index (χ2n) is 4.34. The van der Waals surface area contributed by atoms with E-state index in [0.29, 0.717) is 27.3 Å². The molecule has 0 unspecified atom stereocenters. The summed E-state index contributed by atoms with van der Waals surface area (Å²) in [6.45, 7) is 0. The number of aryl methyl sites for hydroxylation is 1. The van der Waals surface area contributed by atoms with Crippen LogP contribution in [0, 0.1) is 0 Å². The van der Waals surface area contributed by atoms with E-state index in [1.54, 1.807) is 36.2 Å². The third-order valence-corrected chi connectivity index (χ3v) is 3.79. The van der Waals surface area contributed by atoms with Gasteiger partial charge in [0.2, 0.25) is 0 Å². The number of benzene rings is 1. The number of aromatic nitrogens is 2. The van der Waals surface area contributed by atoms with Crippen molar-refractivity contribution < 1.29 is 4.42 Å². The largest absolute Gasteiger partial charge is 0.463 e. The quantitative estimate of drug-likeness (QED) is 0.770. The molecule has 2 N–H and O–H groups in total. The Morgan fingerprint density at radius 3 is 2.65 bits per heavy atom. The number of halogens is 2. The van der Waals surface area contributed by atoms with Gasteiger partial charge in [-0.15, -0.1) is 0 Å². The molecule has 2 aromatic heterocycles. The molecule has 4 nitrogen and oxygen atoms in total. The summed E-state index contributed by atoms with van der Waals surface area (Å²) in [6.07, 6.45) is 1.60. The topological polar surface area (TPSA) is 57.0 Å². The molecule has 0 spiro atoms. The number of hydrogen-bond acceptors (Lipinski definition) is 3. The van der Waals surface area contributed by atoms with Crippen LogP contribution in [0.25, 0.3) is 22.6 Å². The molecule has 6 heteroatoms. The summed E-state index contributed by atoms with van der Waals surface area (Å²) in [4.78, 5) is 0. The van der Waals surface area contributed by atoms with Crippen LogP contribution in [-0.4, -0.2) is 9.78 Å². The number of nitrogen functional groups attached to an aromatic ring is 1. The molecular formula is C14H11Cl2N3O. The van der Waals surface area contributed by atoms with Gasteiger partial charge in [0.15, 0.2) is 5.76 Å². The summed E-state index contributed by atoms with van der Waals surface area (Å²) in [7, 11) is 1.78. The highest BCUT2D eigenvalue weighted by Gasteiger charge is 2.19. The highest BCUT2D eigenvalue weighted by atomic mass is 35.5. The van der Waals surface area contributed by atoms with Gasteiger partial charge in [-0.25, -0.2) is 0 Å². The molecule has 1 aromatic carbocycles. The predicted octanol–water partition coefficient (Wildman–Crippen LogP) is 4.24. The van der Waals surface area contributed by atoms with Crippen molar-refractivity contribution in [3.8, 4) is 22.6 Å². The van der Waals surface area contributed by atoms with Gasteiger partial charge in [-0.05, 0) is 29.8 Å². The van der Waals surface area contributed by atoms with Crippen LogP contribution in [0.2, 0.25) is 10.0 Å². The molecule has 0 fully saturated rings. The van der Waals surface area contributed by atoms with Crippen molar-refractivity contribution in [1.82, 2.24) is 9.78 Å². The van der Waals surface area contributed by atoms with E-state index in [1.807, 2.05) is 12.1 Å². The number of anilines is 1. The van der Waals surface area contributed by atoms with Gasteiger partial charge in [0.1, 0.15) is 11.5 Å². The van der Waals surface area contributed by atoms with E-state index in [1.165, 1.54) is 0 Å². The molecule has 0 aliphatic rings. The van der Waals surface area contributed by atoms with E-state index in [2.05, 4.69) is 5.10 Å². The highest BCUT2D eigenvalue weighted by molar-refractivity contribution is 6.42. The van der Waals surface area contributed by atoms with Crippen molar-refractivity contribution in [3.63, 3.8) is 0 Å². The maximum absolute atomic E-state index is 6.11. The molecular weight excluding hydrogens is 297 g/mol. The van der Waals surface area contributed by atoms with Crippen molar-refractivity contribution >= 4 is 29.0 Å². The lowest BCUT2D eigenvalue weighted by atomic mass is 10.0. The van der Waals surface area contributed by atoms with Crippen LogP contribution >= 0.6 is 23.2 Å². The van der Waals surface area contributed by atoms with Gasteiger partial charge in [0, 0.05) is 7.05 Å². The molecule has 0 saturated carbocycles. The Balaban J connectivity index is 2.25. The van der Waals surface area contributed by atoms with E-state index < -0.39 is 0 Å². The van der Waals surface area contributed by atoms with Crippen molar-refractivity contribution in [2.24, 2.45) is 7.05 Å². The molecule has 20 heavy (non-hydrogen) atoms. The van der Waals surface area contributed by atoms with Gasteiger partial charge in [-0.2, -0.15) is 5.10 Å². The van der Waals surface area contributed by atoms with Gasteiger partial charge >= 0.3 is 0 Å². The molecule has 3 aromatic rings. The van der Waals surface area contributed by atoms with Crippen LogP contribution in [0.5, 0.6) is 0 Å². The maximum atomic E-state index is 6.11. The fraction of sp³-hybridized carbons (Fsp3) is 0.0714. The molecule has 102 valence electrons. The SMILES string of the molecule is Cn1nc(-c2ccco2)c(-c2ccc(Cl)c(Cl)c2)c1N. The van der Waals surface area contributed by atoms with Crippen molar-refractivity contribution in [2.45, 2.75) is 0 Å². The Kier molecular flexibility index (Phi) is 3.20. The summed E-state index contributed by atoms with van der Waals surface area (Å²) in [5.41, 5.74) is 8.41. The van der Waals surface area contributed by atoms with Gasteiger partial charge in [-0.1, -0.05) is 29.3 Å². The number of hydrogen-bond donors (Lipinski definition) is 1. The zero-order chi connectivity index (χ0) is 14.3. The Hall–Kier alpha value is -1.91. The minimum atomic E-state index is 0.470. The zero-order valence-corrected chi connectivity index (χ0v) is 12.1. The zero-order valence-electron chi connectivity index (χ0n) is 10.6. The van der Waals surface area contributed by atoms with E-state index in [0.717, 1.165) is 11.1 Å². The highest BCUT2D eigenvalue weighted by Crippen LogP contribution is 2.38. The third-order valence-electron chi connectivity index (χ3n) is 3.05. The molecule has 0 amide bonds. The lowest BCUT2D eigenvalue weighted by Gasteiger charge is -2.04. The van der Waals surface area contributed by atoms with Crippen LogP contribution in [0.15, 0.2) is 41.0 Å². The smallest absolute Gasteiger partial charge is 0.154 e. The van der Waals surface area contributed by atoms with Gasteiger partial charge in [-0.3, -0.25) is 4.68 Å². The van der Waals surface area contributed by atoms with Crippen LogP contribution in [0.3, 0.4) is 0 Å². The van der Waals surface area contributed by atoms with Gasteiger partial charge in [0.25, 0.3) is 0 Å². The molecule has 0 bridgehead atoms. The molecule has 0 atom stereocenters. The van der Waals surface area contributed by atoms with Crippen LogP contribution in [-0.2, 0) is 7.05 Å². The Bertz CT molecular complexity index is 763. The van der Waals surface area contributed by atoms with E-state index >= 15 is 0 Å². The van der Waals surface area contributed by atoms with Crippen LogP contribution < -0.4 is 5.73 Å². The first-order valence-corrected chi connectivity index (χ1v) is 6.65. The second-order valence-corrected chi connectivity index (χ2v) is 5.15. The standard InChI is InChI=1S/C14H11Cl2N3O/c1-19-14(17)12(8-4-5-9(15)10(16)7-8)13(18-19)11-3-2-6-20-11/h2-7H,17H2,1H3. The molecule has 2 heterocycles. The Morgan fingerprint density at radius 1 is 1.20 bits per heavy atom. The molecule has 0 aliphatic heterocycles. The van der Waals surface area contributed by atoms with E-state index in [9.17, 15) is 0 Å². The Labute approximate surface area is 125 Å². The molecule has 3 rings (SSSR count). The first kappa shape index (κ1) is 13.1. The van der Waals surface area contributed by atoms with Crippen LogP contribution in [0.1, 0.15) is 0 Å². The number of rotatable bonds is 2. The van der Waals surface area contributed by atoms with E-state index in [4.69, 9.17) is 33.4 Å². The average molecular weight is 308 g/mol. The lowest BCUT2D eigenvalue weighted by Crippen LogP contribution is -1.98. The predicted molar refractivity (Wildman–Crippen MR) is 80.8 cm³/mol. The lowest BCUT2D eigenvalue weighted by molar-refractivity contribution is 0.578. The normalized spacial score (nSPS) is 10.9. The Morgan fingerprint density at radius 2 is 2.00 bits per heavy atom. The first-order valence-electron chi connectivity index (χ1n) is 5.89. The maximum Gasteiger partial charge on any atom is 0.154 e. The van der Waals surface area contributed by atoms with Gasteiger partial charge in [0.05, 0.1) is 21.9 Å². The van der Waals surface area contributed by atoms with Gasteiger partial charge < -0.3 is 10.2 Å². The van der Waals surface area contributed by atoms with Crippen LogP contribution in [0.4, 0.5) is 5.82 Å². The number of furan rings is 1.